The van der Waals surface area contributed by atoms with Crippen LogP contribution >= 0.6 is 11.6 Å². The molecule has 3 rings (SSSR count). The van der Waals surface area contributed by atoms with Crippen LogP contribution in [0.5, 0.6) is 0 Å². The number of hydrogen-bond donors (Lipinski definition) is 1. The number of nitrogens with zero attached hydrogens (tertiary/aromatic N) is 3. The predicted octanol–water partition coefficient (Wildman–Crippen LogP) is 3.19. The predicted molar refractivity (Wildman–Crippen MR) is 95.9 cm³/mol. The lowest BCUT2D eigenvalue weighted by molar-refractivity contribution is 0.0941. The second-order valence-electron chi connectivity index (χ2n) is 6.27. The topological polar surface area (TPSA) is 50.2 Å². The minimum atomic E-state index is -0.334. The van der Waals surface area contributed by atoms with Crippen LogP contribution in [0.25, 0.3) is 5.69 Å². The number of halogens is 2. The van der Waals surface area contributed by atoms with Crippen molar-refractivity contribution in [3.05, 3.63) is 46.5 Å². The summed E-state index contributed by atoms with van der Waals surface area (Å²) in [5.41, 5.74) is 1.53. The van der Waals surface area contributed by atoms with Crippen molar-refractivity contribution in [3.8, 4) is 5.69 Å². The molecule has 1 aliphatic rings. The number of carbonyl (C=O) groups is 1. The average molecular weight is 365 g/mol. The quantitative estimate of drug-likeness (QED) is 0.886. The van der Waals surface area contributed by atoms with Crippen LogP contribution < -0.4 is 5.32 Å². The second kappa shape index (κ2) is 7.54. The zero-order valence-corrected chi connectivity index (χ0v) is 15.2. The molecule has 25 heavy (non-hydrogen) atoms. The van der Waals surface area contributed by atoms with Gasteiger partial charge in [-0.3, -0.25) is 9.69 Å². The van der Waals surface area contributed by atoms with Crippen LogP contribution in [-0.2, 0) is 0 Å². The number of aromatic nitrogens is 2. The van der Waals surface area contributed by atoms with E-state index in [0.29, 0.717) is 29.5 Å². The molecule has 134 valence electrons. The first-order chi connectivity index (χ1) is 12.0. The van der Waals surface area contributed by atoms with E-state index in [1.165, 1.54) is 16.8 Å². The van der Waals surface area contributed by atoms with Crippen molar-refractivity contribution in [1.82, 2.24) is 20.0 Å². The number of nitrogens with one attached hydrogen (secondary N) is 1. The second-order valence-corrected chi connectivity index (χ2v) is 6.63. The molecule has 1 fully saturated rings. The van der Waals surface area contributed by atoms with Gasteiger partial charge in [0.05, 0.1) is 16.9 Å². The van der Waals surface area contributed by atoms with Gasteiger partial charge in [-0.25, -0.2) is 9.07 Å². The van der Waals surface area contributed by atoms with Crippen molar-refractivity contribution < 1.29 is 9.18 Å². The van der Waals surface area contributed by atoms with E-state index in [-0.39, 0.29) is 16.9 Å². The fourth-order valence-electron chi connectivity index (χ4n) is 3.35. The normalized spacial score (nSPS) is 17.8. The van der Waals surface area contributed by atoms with E-state index in [2.05, 4.69) is 22.2 Å². The first-order valence-corrected chi connectivity index (χ1v) is 8.92. The summed E-state index contributed by atoms with van der Waals surface area (Å²) in [6.45, 7) is 6.55. The number of rotatable bonds is 5. The summed E-state index contributed by atoms with van der Waals surface area (Å²) >= 11 is 6.39. The van der Waals surface area contributed by atoms with E-state index in [1.54, 1.807) is 19.1 Å². The lowest BCUT2D eigenvalue weighted by atomic mass is 10.2. The third kappa shape index (κ3) is 3.70. The lowest BCUT2D eigenvalue weighted by Crippen LogP contribution is -2.40. The van der Waals surface area contributed by atoms with Gasteiger partial charge in [-0.1, -0.05) is 18.5 Å². The van der Waals surface area contributed by atoms with Gasteiger partial charge < -0.3 is 5.32 Å². The van der Waals surface area contributed by atoms with Crippen LogP contribution in [0.4, 0.5) is 4.39 Å². The number of benzene rings is 1. The van der Waals surface area contributed by atoms with Gasteiger partial charge in [0.15, 0.2) is 0 Å². The number of aryl methyl sites for hydroxylation is 1. The van der Waals surface area contributed by atoms with Crippen LogP contribution in [0.3, 0.4) is 0 Å². The third-order valence-electron chi connectivity index (χ3n) is 4.71. The summed E-state index contributed by atoms with van der Waals surface area (Å²) in [6, 6.07) is 6.20. The Hall–Kier alpha value is -1.92. The van der Waals surface area contributed by atoms with Crippen molar-refractivity contribution in [1.29, 1.82) is 0 Å². The summed E-state index contributed by atoms with van der Waals surface area (Å²) < 4.78 is 14.6. The van der Waals surface area contributed by atoms with E-state index in [1.807, 2.05) is 0 Å². The summed E-state index contributed by atoms with van der Waals surface area (Å²) in [5.74, 6) is -0.558. The molecule has 0 radical (unpaired) electrons. The smallest absolute Gasteiger partial charge is 0.256 e. The van der Waals surface area contributed by atoms with Crippen LogP contribution in [0.15, 0.2) is 24.3 Å². The first-order valence-electron chi connectivity index (χ1n) is 8.54. The van der Waals surface area contributed by atoms with Crippen molar-refractivity contribution in [2.75, 3.05) is 19.6 Å². The zero-order valence-electron chi connectivity index (χ0n) is 14.4. The summed E-state index contributed by atoms with van der Waals surface area (Å²) in [4.78, 5) is 15.0. The van der Waals surface area contributed by atoms with Crippen molar-refractivity contribution in [2.45, 2.75) is 32.7 Å². The maximum absolute atomic E-state index is 13.1. The fourth-order valence-corrected chi connectivity index (χ4v) is 3.71. The van der Waals surface area contributed by atoms with E-state index < -0.39 is 0 Å². The molecule has 2 heterocycles. The zero-order chi connectivity index (χ0) is 18.0. The molecule has 1 aliphatic heterocycles. The number of likely N-dealkylation sites (tertiary alicyclic amines) is 1. The highest BCUT2D eigenvalue weighted by atomic mass is 35.5. The van der Waals surface area contributed by atoms with E-state index in [0.717, 1.165) is 25.9 Å². The maximum Gasteiger partial charge on any atom is 0.256 e. The Morgan fingerprint density at radius 3 is 2.80 bits per heavy atom. The van der Waals surface area contributed by atoms with Crippen molar-refractivity contribution in [3.63, 3.8) is 0 Å². The maximum atomic E-state index is 13.1. The molecular formula is C18H22ClFN4O. The molecule has 1 N–H and O–H groups in total. The molecule has 7 heteroatoms. The molecule has 0 saturated carbocycles. The minimum absolute atomic E-state index is 0.223. The molecular weight excluding hydrogens is 343 g/mol. The van der Waals surface area contributed by atoms with Gasteiger partial charge in [0.1, 0.15) is 11.0 Å². The van der Waals surface area contributed by atoms with Crippen molar-refractivity contribution in [2.24, 2.45) is 0 Å². The lowest BCUT2D eigenvalue weighted by Gasteiger charge is -2.22. The standard InChI is InChI=1S/C18H22ClFN4O/c1-3-23-10-4-5-15(23)11-21-18(25)16-12(2)22-24(17(16)19)14-8-6-13(20)7-9-14/h6-9,15H,3-5,10-11H2,1-2H3,(H,21,25). The third-order valence-corrected chi connectivity index (χ3v) is 5.05. The number of hydrogen-bond acceptors (Lipinski definition) is 3. The van der Waals surface area contributed by atoms with Gasteiger partial charge in [-0.05, 0) is 57.1 Å². The first kappa shape index (κ1) is 17.9. The van der Waals surface area contributed by atoms with Crippen molar-refractivity contribution >= 4 is 17.5 Å². The highest BCUT2D eigenvalue weighted by Gasteiger charge is 2.25. The molecule has 2 aromatic rings. The molecule has 1 atom stereocenters. The van der Waals surface area contributed by atoms with Gasteiger partial charge in [0, 0.05) is 12.6 Å². The molecule has 0 bridgehead atoms. The van der Waals surface area contributed by atoms with Gasteiger partial charge in [0.25, 0.3) is 5.91 Å². The molecule has 0 aliphatic carbocycles. The Morgan fingerprint density at radius 1 is 1.40 bits per heavy atom. The molecule has 1 saturated heterocycles. The Labute approximate surface area is 151 Å². The highest BCUT2D eigenvalue weighted by Crippen LogP contribution is 2.24. The minimum Gasteiger partial charge on any atom is -0.350 e. The largest absolute Gasteiger partial charge is 0.350 e. The van der Waals surface area contributed by atoms with Crippen LogP contribution in [-0.4, -0.2) is 46.3 Å². The molecule has 1 amide bonds. The van der Waals surface area contributed by atoms with E-state index in [9.17, 15) is 9.18 Å². The number of likely N-dealkylation sites (N-methyl/N-ethyl adjacent to an activating group) is 1. The Morgan fingerprint density at radius 2 is 2.12 bits per heavy atom. The molecule has 5 nitrogen and oxygen atoms in total. The van der Waals surface area contributed by atoms with Crippen LogP contribution in [0.2, 0.25) is 5.15 Å². The monoisotopic (exact) mass is 364 g/mol. The van der Waals surface area contributed by atoms with Crippen LogP contribution in [0.1, 0.15) is 35.8 Å². The Balaban J connectivity index is 1.75. The van der Waals surface area contributed by atoms with Gasteiger partial charge in [-0.2, -0.15) is 5.10 Å². The average Bonchev–Trinajstić information content (AvgIpc) is 3.17. The Bertz CT molecular complexity index is 759. The number of carbonyl (C=O) groups excluding carboxylic acids is 1. The molecule has 1 aromatic heterocycles. The molecule has 1 aromatic carbocycles. The highest BCUT2D eigenvalue weighted by molar-refractivity contribution is 6.33. The fraction of sp³-hybridized carbons (Fsp3) is 0.444. The van der Waals surface area contributed by atoms with E-state index in [4.69, 9.17) is 11.6 Å². The summed E-state index contributed by atoms with van der Waals surface area (Å²) in [7, 11) is 0. The van der Waals surface area contributed by atoms with Crippen LogP contribution in [0, 0.1) is 12.7 Å². The summed E-state index contributed by atoms with van der Waals surface area (Å²) in [6.07, 6.45) is 2.26. The van der Waals surface area contributed by atoms with Gasteiger partial charge >= 0.3 is 0 Å². The summed E-state index contributed by atoms with van der Waals surface area (Å²) in [5, 5.41) is 7.55. The SMILES string of the molecule is CCN1CCCC1CNC(=O)c1c(C)nn(-c2ccc(F)cc2)c1Cl. The van der Waals surface area contributed by atoms with Gasteiger partial charge in [0.2, 0.25) is 0 Å². The molecule has 1 unspecified atom stereocenters. The molecule has 0 spiro atoms. The van der Waals surface area contributed by atoms with E-state index >= 15 is 0 Å². The van der Waals surface area contributed by atoms with Gasteiger partial charge in [-0.15, -0.1) is 0 Å². The Kier molecular flexibility index (Phi) is 5.39. The number of amides is 1.